The van der Waals surface area contributed by atoms with Crippen molar-refractivity contribution in [3.05, 3.63) is 45.9 Å². The van der Waals surface area contributed by atoms with Crippen molar-refractivity contribution in [2.45, 2.75) is 6.92 Å². The van der Waals surface area contributed by atoms with Crippen LogP contribution in [0.1, 0.15) is 17.3 Å². The van der Waals surface area contributed by atoms with Crippen LogP contribution in [0.5, 0.6) is 0 Å². The minimum Gasteiger partial charge on any atom is -0.462 e. The van der Waals surface area contributed by atoms with Gasteiger partial charge < -0.3 is 10.1 Å². The molecule has 0 aliphatic rings. The minimum atomic E-state index is -0.733. The van der Waals surface area contributed by atoms with Crippen LogP contribution in [0.2, 0.25) is 0 Å². The van der Waals surface area contributed by atoms with Gasteiger partial charge in [0.1, 0.15) is 17.1 Å². The van der Waals surface area contributed by atoms with E-state index in [1.54, 1.807) is 14.0 Å². The van der Waals surface area contributed by atoms with Crippen LogP contribution in [-0.2, 0) is 11.8 Å². The highest BCUT2D eigenvalue weighted by Crippen LogP contribution is 2.29. The molecule has 0 fully saturated rings. The molecule has 1 aromatic heterocycles. The molecule has 0 radical (unpaired) electrons. The van der Waals surface area contributed by atoms with Gasteiger partial charge in [-0.1, -0.05) is 0 Å². The average Bonchev–Trinajstić information content (AvgIpc) is 2.82. The fourth-order valence-corrected chi connectivity index (χ4v) is 1.83. The van der Waals surface area contributed by atoms with Gasteiger partial charge in [-0.25, -0.2) is 9.18 Å². The summed E-state index contributed by atoms with van der Waals surface area (Å²) in [7, 11) is 1.59. The molecule has 1 N–H and O–H groups in total. The molecule has 0 saturated carbocycles. The third-order valence-electron chi connectivity index (χ3n) is 2.73. The van der Waals surface area contributed by atoms with E-state index in [2.05, 4.69) is 10.4 Å². The third-order valence-corrected chi connectivity index (χ3v) is 2.73. The van der Waals surface area contributed by atoms with E-state index in [0.29, 0.717) is 0 Å². The number of nitro benzene ring substituents is 1. The first-order chi connectivity index (χ1) is 10.4. The highest BCUT2D eigenvalue weighted by molar-refractivity contribution is 5.95. The quantitative estimate of drug-likeness (QED) is 0.517. The van der Waals surface area contributed by atoms with Gasteiger partial charge in [0.2, 0.25) is 0 Å². The number of aromatic nitrogens is 2. The molecular formula is C13H13FN4O4. The first-order valence-corrected chi connectivity index (χ1v) is 6.34. The Hall–Kier alpha value is -2.97. The topological polar surface area (TPSA) is 99.3 Å². The number of nitrogens with zero attached hydrogens (tertiary/aromatic N) is 3. The molecule has 0 amide bonds. The normalized spacial score (nSPS) is 10.3. The van der Waals surface area contributed by atoms with E-state index in [1.807, 2.05) is 0 Å². The summed E-state index contributed by atoms with van der Waals surface area (Å²) in [5, 5.41) is 17.7. The summed E-state index contributed by atoms with van der Waals surface area (Å²) in [5.41, 5.74) is -0.306. The van der Waals surface area contributed by atoms with Crippen LogP contribution in [0.4, 0.5) is 21.6 Å². The Balaban J connectivity index is 2.40. The second-order valence-corrected chi connectivity index (χ2v) is 4.33. The third kappa shape index (κ3) is 3.19. The molecule has 1 aromatic carbocycles. The first kappa shape index (κ1) is 15.4. The monoisotopic (exact) mass is 308 g/mol. The number of benzene rings is 1. The van der Waals surface area contributed by atoms with Gasteiger partial charge in [0.05, 0.1) is 17.6 Å². The van der Waals surface area contributed by atoms with Crippen molar-refractivity contribution in [3.8, 4) is 0 Å². The fourth-order valence-electron chi connectivity index (χ4n) is 1.83. The van der Waals surface area contributed by atoms with Crippen LogP contribution in [0.15, 0.2) is 24.4 Å². The van der Waals surface area contributed by atoms with Gasteiger partial charge in [-0.05, 0) is 19.1 Å². The SMILES string of the molecule is CCOC(=O)c1cn(C)nc1Nc1ccc(F)cc1[N+](=O)[O-]. The van der Waals surface area contributed by atoms with Gasteiger partial charge >= 0.3 is 5.97 Å². The lowest BCUT2D eigenvalue weighted by molar-refractivity contribution is -0.384. The Morgan fingerprint density at radius 3 is 2.91 bits per heavy atom. The van der Waals surface area contributed by atoms with Crippen molar-refractivity contribution in [2.24, 2.45) is 7.05 Å². The van der Waals surface area contributed by atoms with E-state index in [9.17, 15) is 19.3 Å². The maximum absolute atomic E-state index is 13.1. The van der Waals surface area contributed by atoms with E-state index in [4.69, 9.17) is 4.74 Å². The molecule has 22 heavy (non-hydrogen) atoms. The van der Waals surface area contributed by atoms with Gasteiger partial charge in [0, 0.05) is 13.2 Å². The molecule has 9 heteroatoms. The van der Waals surface area contributed by atoms with Gasteiger partial charge in [0.25, 0.3) is 5.69 Å². The molecule has 0 atom stereocenters. The second-order valence-electron chi connectivity index (χ2n) is 4.33. The molecule has 0 saturated heterocycles. The summed E-state index contributed by atoms with van der Waals surface area (Å²) in [6.45, 7) is 1.84. The van der Waals surface area contributed by atoms with Crippen LogP contribution in [0.3, 0.4) is 0 Å². The lowest BCUT2D eigenvalue weighted by Gasteiger charge is -2.06. The summed E-state index contributed by atoms with van der Waals surface area (Å²) in [4.78, 5) is 22.1. The molecule has 0 bridgehead atoms. The zero-order valence-electron chi connectivity index (χ0n) is 11.9. The van der Waals surface area contributed by atoms with E-state index in [1.165, 1.54) is 16.9 Å². The zero-order chi connectivity index (χ0) is 16.3. The van der Waals surface area contributed by atoms with Gasteiger partial charge in [-0.3, -0.25) is 14.8 Å². The minimum absolute atomic E-state index is 0.0237. The zero-order valence-corrected chi connectivity index (χ0v) is 11.9. The summed E-state index contributed by atoms with van der Waals surface area (Å²) < 4.78 is 19.4. The predicted molar refractivity (Wildman–Crippen MR) is 75.5 cm³/mol. The second kappa shape index (κ2) is 6.20. The number of nitrogens with one attached hydrogen (secondary N) is 1. The summed E-state index contributed by atoms with van der Waals surface area (Å²) in [5.74, 6) is -1.25. The number of hydrogen-bond donors (Lipinski definition) is 1. The average molecular weight is 308 g/mol. The Labute approximate surface area is 124 Å². The molecule has 2 rings (SSSR count). The number of hydrogen-bond acceptors (Lipinski definition) is 6. The van der Waals surface area contributed by atoms with Gasteiger partial charge in [0.15, 0.2) is 5.82 Å². The molecule has 2 aromatic rings. The lowest BCUT2D eigenvalue weighted by Crippen LogP contribution is -2.07. The van der Waals surface area contributed by atoms with Gasteiger partial charge in [-0.2, -0.15) is 5.10 Å². The number of carbonyl (C=O) groups excluding carboxylic acids is 1. The maximum atomic E-state index is 13.1. The molecule has 0 spiro atoms. The fraction of sp³-hybridized carbons (Fsp3) is 0.231. The van der Waals surface area contributed by atoms with Crippen molar-refractivity contribution in [1.29, 1.82) is 0 Å². The van der Waals surface area contributed by atoms with E-state index in [-0.39, 0.29) is 23.7 Å². The largest absolute Gasteiger partial charge is 0.462 e. The predicted octanol–water partition coefficient (Wildman–Crippen LogP) is 2.39. The van der Waals surface area contributed by atoms with Crippen molar-refractivity contribution in [3.63, 3.8) is 0 Å². The van der Waals surface area contributed by atoms with Crippen molar-refractivity contribution in [2.75, 3.05) is 11.9 Å². The molecule has 0 unspecified atom stereocenters. The van der Waals surface area contributed by atoms with E-state index >= 15 is 0 Å². The Morgan fingerprint density at radius 1 is 1.55 bits per heavy atom. The lowest BCUT2D eigenvalue weighted by atomic mass is 10.2. The summed E-state index contributed by atoms with van der Waals surface area (Å²) in [6, 6.07) is 3.06. The number of aryl methyl sites for hydroxylation is 1. The number of anilines is 2. The standard InChI is InChI=1S/C13H13FN4O4/c1-3-22-13(19)9-7-17(2)16-12(9)15-10-5-4-8(14)6-11(10)18(20)21/h4-7H,3H2,1-2H3,(H,15,16). The molecule has 0 aliphatic carbocycles. The molecule has 1 heterocycles. The van der Waals surface area contributed by atoms with Crippen LogP contribution < -0.4 is 5.32 Å². The summed E-state index contributed by atoms with van der Waals surface area (Å²) in [6.07, 6.45) is 1.43. The number of esters is 1. The first-order valence-electron chi connectivity index (χ1n) is 6.34. The van der Waals surface area contributed by atoms with E-state index in [0.717, 1.165) is 12.1 Å². The van der Waals surface area contributed by atoms with Crippen molar-refractivity contribution >= 4 is 23.2 Å². The molecule has 116 valence electrons. The van der Waals surface area contributed by atoms with Crippen LogP contribution in [-0.4, -0.2) is 27.3 Å². The van der Waals surface area contributed by atoms with Crippen LogP contribution in [0, 0.1) is 15.9 Å². The van der Waals surface area contributed by atoms with Crippen molar-refractivity contribution in [1.82, 2.24) is 9.78 Å². The highest BCUT2D eigenvalue weighted by Gasteiger charge is 2.21. The smallest absolute Gasteiger partial charge is 0.343 e. The number of nitro groups is 1. The number of halogens is 1. The van der Waals surface area contributed by atoms with E-state index < -0.39 is 22.4 Å². The summed E-state index contributed by atoms with van der Waals surface area (Å²) >= 11 is 0. The Bertz CT molecular complexity index is 729. The Kier molecular flexibility index (Phi) is 4.35. The van der Waals surface area contributed by atoms with Crippen LogP contribution in [0.25, 0.3) is 0 Å². The van der Waals surface area contributed by atoms with Crippen LogP contribution >= 0.6 is 0 Å². The number of carbonyl (C=O) groups is 1. The molecular weight excluding hydrogens is 295 g/mol. The van der Waals surface area contributed by atoms with Crippen molar-refractivity contribution < 1.29 is 18.8 Å². The van der Waals surface area contributed by atoms with Gasteiger partial charge in [-0.15, -0.1) is 0 Å². The molecule has 0 aliphatic heterocycles. The Morgan fingerprint density at radius 2 is 2.27 bits per heavy atom. The maximum Gasteiger partial charge on any atom is 0.343 e. The highest BCUT2D eigenvalue weighted by atomic mass is 19.1. The molecule has 8 nitrogen and oxygen atoms in total. The number of rotatable bonds is 5. The number of ether oxygens (including phenoxy) is 1.